The third kappa shape index (κ3) is 5.44. The molecule has 0 amide bonds. The molecule has 4 fully saturated rings. The lowest BCUT2D eigenvalue weighted by molar-refractivity contribution is 0.197. The Morgan fingerprint density at radius 2 is 1.00 bits per heavy atom. The van der Waals surface area contributed by atoms with Crippen molar-refractivity contribution in [2.75, 3.05) is 40.4 Å². The number of rotatable bonds is 4. The number of hydrogen-bond donors (Lipinski definition) is 0. The van der Waals surface area contributed by atoms with E-state index in [9.17, 15) is 0 Å². The number of nitrogens with zero attached hydrogens (tertiary/aromatic N) is 2. The molecule has 1 unspecified atom stereocenters. The van der Waals surface area contributed by atoms with Crippen LogP contribution in [0.5, 0.6) is 11.5 Å². The molecule has 34 heavy (non-hydrogen) atoms. The van der Waals surface area contributed by atoms with E-state index in [1.165, 1.54) is 88.7 Å². The van der Waals surface area contributed by atoms with Crippen LogP contribution in [0, 0.1) is 0 Å². The number of methoxy groups -OCH3 is 2. The molecule has 0 radical (unpaired) electrons. The van der Waals surface area contributed by atoms with E-state index in [2.05, 4.69) is 58.3 Å². The minimum Gasteiger partial charge on any atom is -0.497 e. The van der Waals surface area contributed by atoms with Crippen LogP contribution >= 0.6 is 0 Å². The molecular weight excluding hydrogens is 420 g/mol. The van der Waals surface area contributed by atoms with E-state index in [1.54, 1.807) is 14.2 Å². The monoisotopic (exact) mass is 462 g/mol. The highest BCUT2D eigenvalue weighted by atomic mass is 16.5. The minimum atomic E-state index is 0.740. The Morgan fingerprint density at radius 3 is 1.35 bits per heavy atom. The van der Waals surface area contributed by atoms with Crippen LogP contribution in [0.15, 0.2) is 48.5 Å². The normalized spacial score (nSPS) is 29.0. The Hall–Kier alpha value is -2.04. The van der Waals surface area contributed by atoms with Crippen molar-refractivity contribution in [3.05, 3.63) is 59.7 Å². The first-order valence-electron chi connectivity index (χ1n) is 13.5. The van der Waals surface area contributed by atoms with Gasteiger partial charge in [0.05, 0.1) is 14.2 Å². The van der Waals surface area contributed by atoms with Gasteiger partial charge in [0.1, 0.15) is 11.5 Å². The lowest BCUT2D eigenvalue weighted by Gasteiger charge is -2.28. The van der Waals surface area contributed by atoms with E-state index >= 15 is 0 Å². The Kier molecular flexibility index (Phi) is 7.76. The molecule has 2 aromatic carbocycles. The van der Waals surface area contributed by atoms with E-state index in [4.69, 9.17) is 9.47 Å². The molecule has 0 bridgehead atoms. The highest BCUT2D eigenvalue weighted by Crippen LogP contribution is 2.37. The minimum absolute atomic E-state index is 0.740. The van der Waals surface area contributed by atoms with Gasteiger partial charge in [0, 0.05) is 25.2 Å². The molecule has 4 nitrogen and oxygen atoms in total. The van der Waals surface area contributed by atoms with Crippen LogP contribution in [0.2, 0.25) is 0 Å². The summed E-state index contributed by atoms with van der Waals surface area (Å²) in [7, 11) is 3.45. The zero-order valence-electron chi connectivity index (χ0n) is 21.1. The van der Waals surface area contributed by atoms with Gasteiger partial charge in [-0.2, -0.15) is 0 Å². The number of ether oxygens (including phenoxy) is 2. The summed E-state index contributed by atoms with van der Waals surface area (Å²) >= 11 is 0. The van der Waals surface area contributed by atoms with Gasteiger partial charge >= 0.3 is 0 Å². The van der Waals surface area contributed by atoms with Crippen LogP contribution in [0.25, 0.3) is 0 Å². The number of piperidine rings is 2. The van der Waals surface area contributed by atoms with Crippen LogP contribution in [0.1, 0.15) is 74.3 Å². The van der Waals surface area contributed by atoms with E-state index in [1.807, 2.05) is 0 Å². The molecule has 2 aromatic rings. The standard InChI is InChI=1S/2C15H21NO/c2*1-17-15-7-5-12(6-8-15)13-10-14-4-2-3-9-16(14)11-13/h2*5-8,13-14H,2-4,9-11H2,1H3/t13?,14-;13-,14+/m01/s1. The van der Waals surface area contributed by atoms with Crippen molar-refractivity contribution >= 4 is 0 Å². The van der Waals surface area contributed by atoms with Gasteiger partial charge in [-0.15, -0.1) is 0 Å². The van der Waals surface area contributed by atoms with Gasteiger partial charge in [-0.1, -0.05) is 37.1 Å². The molecule has 0 aromatic heterocycles. The second-order valence-electron chi connectivity index (χ2n) is 10.7. The first-order chi connectivity index (χ1) is 16.7. The summed E-state index contributed by atoms with van der Waals surface area (Å²) in [5.74, 6) is 3.40. The van der Waals surface area contributed by atoms with Gasteiger partial charge in [0.25, 0.3) is 0 Å². The maximum absolute atomic E-state index is 5.22. The number of hydrogen-bond acceptors (Lipinski definition) is 4. The van der Waals surface area contributed by atoms with Crippen molar-refractivity contribution < 1.29 is 9.47 Å². The number of benzene rings is 2. The van der Waals surface area contributed by atoms with Crippen molar-refractivity contribution in [3.8, 4) is 11.5 Å². The highest BCUT2D eigenvalue weighted by molar-refractivity contribution is 5.31. The van der Waals surface area contributed by atoms with Crippen LogP contribution in [0.4, 0.5) is 0 Å². The van der Waals surface area contributed by atoms with E-state index in [-0.39, 0.29) is 0 Å². The van der Waals surface area contributed by atoms with Gasteiger partial charge in [0.15, 0.2) is 0 Å². The van der Waals surface area contributed by atoms with Gasteiger partial charge in [-0.3, -0.25) is 9.80 Å². The fraction of sp³-hybridized carbons (Fsp3) is 0.600. The van der Waals surface area contributed by atoms with Crippen LogP contribution in [0.3, 0.4) is 0 Å². The zero-order valence-corrected chi connectivity index (χ0v) is 21.1. The van der Waals surface area contributed by atoms with Crippen LogP contribution < -0.4 is 9.47 Å². The van der Waals surface area contributed by atoms with Crippen LogP contribution in [-0.4, -0.2) is 62.3 Å². The fourth-order valence-corrected chi connectivity index (χ4v) is 6.74. The molecule has 4 aliphatic heterocycles. The second kappa shape index (κ2) is 11.1. The third-order valence-electron chi connectivity index (χ3n) is 8.70. The van der Waals surface area contributed by atoms with Gasteiger partial charge < -0.3 is 9.47 Å². The van der Waals surface area contributed by atoms with Crippen molar-refractivity contribution in [2.45, 2.75) is 75.3 Å². The topological polar surface area (TPSA) is 24.9 Å². The summed E-state index contributed by atoms with van der Waals surface area (Å²) in [6.45, 7) is 5.16. The molecule has 4 heteroatoms. The summed E-state index contributed by atoms with van der Waals surface area (Å²) in [6.07, 6.45) is 11.2. The van der Waals surface area contributed by atoms with Crippen LogP contribution in [-0.2, 0) is 0 Å². The smallest absolute Gasteiger partial charge is 0.118 e. The molecule has 0 spiro atoms. The second-order valence-corrected chi connectivity index (χ2v) is 10.7. The maximum atomic E-state index is 5.22. The first-order valence-corrected chi connectivity index (χ1v) is 13.5. The predicted octanol–water partition coefficient (Wildman–Crippen LogP) is 6.07. The summed E-state index contributed by atoms with van der Waals surface area (Å²) in [5, 5.41) is 0. The van der Waals surface area contributed by atoms with Crippen molar-refractivity contribution in [1.82, 2.24) is 9.80 Å². The van der Waals surface area contributed by atoms with Gasteiger partial charge in [-0.25, -0.2) is 0 Å². The summed E-state index contributed by atoms with van der Waals surface area (Å²) < 4.78 is 10.4. The van der Waals surface area contributed by atoms with E-state index in [0.29, 0.717) is 0 Å². The number of fused-ring (bicyclic) bond motifs is 2. The molecule has 0 aliphatic carbocycles. The van der Waals surface area contributed by atoms with E-state index in [0.717, 1.165) is 35.4 Å². The summed E-state index contributed by atoms with van der Waals surface area (Å²) in [6, 6.07) is 19.0. The zero-order chi connectivity index (χ0) is 23.3. The molecule has 184 valence electrons. The SMILES string of the molecule is COc1ccc(C2C[C@@H]3CCCCN3C2)cc1.COc1ccc([C@@H]2C[C@@H]3CCCCN3C2)cc1. The molecule has 4 atom stereocenters. The maximum Gasteiger partial charge on any atom is 0.118 e. The molecule has 6 rings (SSSR count). The quantitative estimate of drug-likeness (QED) is 0.550. The average molecular weight is 463 g/mol. The van der Waals surface area contributed by atoms with Crippen molar-refractivity contribution in [1.29, 1.82) is 0 Å². The highest BCUT2D eigenvalue weighted by Gasteiger charge is 2.35. The lowest BCUT2D eigenvalue weighted by Crippen LogP contribution is -2.33. The van der Waals surface area contributed by atoms with Gasteiger partial charge in [-0.05, 0) is 98.8 Å². The Morgan fingerprint density at radius 1 is 0.588 bits per heavy atom. The average Bonchev–Trinajstić information content (AvgIpc) is 3.54. The molecule has 4 heterocycles. The first kappa shape index (κ1) is 23.7. The van der Waals surface area contributed by atoms with E-state index < -0.39 is 0 Å². The molecule has 0 saturated carbocycles. The van der Waals surface area contributed by atoms with Crippen molar-refractivity contribution in [2.24, 2.45) is 0 Å². The Balaban J connectivity index is 0.000000142. The Bertz CT molecular complexity index is 794. The van der Waals surface area contributed by atoms with Crippen molar-refractivity contribution in [3.63, 3.8) is 0 Å². The predicted molar refractivity (Wildman–Crippen MR) is 139 cm³/mol. The third-order valence-corrected chi connectivity index (χ3v) is 8.70. The Labute approximate surface area is 206 Å². The molecular formula is C30H42N2O2. The summed E-state index contributed by atoms with van der Waals surface area (Å²) in [5.41, 5.74) is 2.97. The fourth-order valence-electron chi connectivity index (χ4n) is 6.74. The largest absolute Gasteiger partial charge is 0.497 e. The molecule has 4 saturated heterocycles. The van der Waals surface area contributed by atoms with Gasteiger partial charge in [0.2, 0.25) is 0 Å². The molecule has 4 aliphatic rings. The molecule has 0 N–H and O–H groups in total. The summed E-state index contributed by atoms with van der Waals surface area (Å²) in [4.78, 5) is 5.39. The lowest BCUT2D eigenvalue weighted by atomic mass is 9.94.